The third-order valence-electron chi connectivity index (χ3n) is 6.18. The lowest BCUT2D eigenvalue weighted by molar-refractivity contribution is 0.425. The van der Waals surface area contributed by atoms with Crippen molar-refractivity contribution in [3.8, 4) is 5.69 Å². The lowest BCUT2D eigenvalue weighted by atomic mass is 9.78. The number of aryl methyl sites for hydroxylation is 2. The molecular weight excluding hydrogens is 369 g/mol. The average molecular weight is 399 g/mol. The molecule has 0 fully saturated rings. The highest BCUT2D eigenvalue weighted by atomic mass is 16.4. The highest BCUT2D eigenvalue weighted by molar-refractivity contribution is 6.58. The maximum atomic E-state index is 9.65. The summed E-state index contributed by atoms with van der Waals surface area (Å²) in [5.74, 6) is 0.935. The number of aromatic nitrogens is 1. The number of benzene rings is 3. The number of hydrogen-bond donors (Lipinski definition) is 2. The summed E-state index contributed by atoms with van der Waals surface area (Å²) in [5, 5.41) is 21.8. The van der Waals surface area contributed by atoms with Gasteiger partial charge in [-0.05, 0) is 77.7 Å². The molecule has 4 aromatic rings. The van der Waals surface area contributed by atoms with Gasteiger partial charge < -0.3 is 14.6 Å². The van der Waals surface area contributed by atoms with Gasteiger partial charge in [0.2, 0.25) is 0 Å². The average Bonchev–Trinajstić information content (AvgIpc) is 3.00. The van der Waals surface area contributed by atoms with E-state index in [2.05, 4.69) is 68.7 Å². The van der Waals surface area contributed by atoms with Gasteiger partial charge >= 0.3 is 7.12 Å². The zero-order valence-electron chi connectivity index (χ0n) is 18.7. The molecular formula is C26H30BNO2. The second-order valence-corrected chi connectivity index (χ2v) is 9.07. The Morgan fingerprint density at radius 2 is 1.13 bits per heavy atom. The standard InChI is InChI=1S/C26H30BNO2/c1-15(2)19-7-9-24-22(13-19)23-14-20(16(3)4)8-10-25(23)28(24)26-17(5)11-21(27(29)30)12-18(26)6/h7-16,29-30H,1-6H3. The highest BCUT2D eigenvalue weighted by Crippen LogP contribution is 2.37. The predicted molar refractivity (Wildman–Crippen MR) is 128 cm³/mol. The summed E-state index contributed by atoms with van der Waals surface area (Å²) in [6.07, 6.45) is 0. The predicted octanol–water partition coefficient (Wildman–Crippen LogP) is 5.33. The van der Waals surface area contributed by atoms with E-state index in [9.17, 15) is 10.0 Å². The van der Waals surface area contributed by atoms with Gasteiger partial charge in [0.05, 0.1) is 16.7 Å². The van der Waals surface area contributed by atoms with Crippen molar-refractivity contribution in [3.05, 3.63) is 70.8 Å². The molecule has 0 saturated heterocycles. The minimum atomic E-state index is -1.46. The molecule has 154 valence electrons. The molecule has 0 atom stereocenters. The summed E-state index contributed by atoms with van der Waals surface area (Å²) >= 11 is 0. The van der Waals surface area contributed by atoms with Crippen LogP contribution in [0.15, 0.2) is 48.5 Å². The molecule has 4 heteroatoms. The summed E-state index contributed by atoms with van der Waals surface area (Å²) in [5.41, 5.74) is 8.72. The molecule has 0 amide bonds. The molecule has 30 heavy (non-hydrogen) atoms. The number of nitrogens with zero attached hydrogens (tertiary/aromatic N) is 1. The highest BCUT2D eigenvalue weighted by Gasteiger charge is 2.20. The third-order valence-corrected chi connectivity index (χ3v) is 6.18. The summed E-state index contributed by atoms with van der Waals surface area (Å²) in [6.45, 7) is 13.0. The quantitative estimate of drug-likeness (QED) is 0.456. The van der Waals surface area contributed by atoms with Crippen LogP contribution in [0, 0.1) is 13.8 Å². The molecule has 0 spiro atoms. The van der Waals surface area contributed by atoms with Crippen LogP contribution in [0.25, 0.3) is 27.5 Å². The fraction of sp³-hybridized carbons (Fsp3) is 0.308. The van der Waals surface area contributed by atoms with E-state index in [1.165, 1.54) is 32.9 Å². The lowest BCUT2D eigenvalue weighted by Gasteiger charge is -2.17. The Bertz CT molecular complexity index is 1160. The topological polar surface area (TPSA) is 45.4 Å². The summed E-state index contributed by atoms with van der Waals surface area (Å²) in [7, 11) is -1.46. The maximum Gasteiger partial charge on any atom is 0.488 e. The molecule has 1 heterocycles. The summed E-state index contributed by atoms with van der Waals surface area (Å²) < 4.78 is 2.33. The Balaban J connectivity index is 2.12. The lowest BCUT2D eigenvalue weighted by Crippen LogP contribution is -2.30. The van der Waals surface area contributed by atoms with Crippen molar-refractivity contribution in [3.63, 3.8) is 0 Å². The van der Waals surface area contributed by atoms with Crippen LogP contribution in [0.4, 0.5) is 0 Å². The second-order valence-electron chi connectivity index (χ2n) is 9.07. The van der Waals surface area contributed by atoms with E-state index in [0.717, 1.165) is 16.8 Å². The van der Waals surface area contributed by atoms with Gasteiger partial charge in [0.25, 0.3) is 0 Å². The van der Waals surface area contributed by atoms with Gasteiger partial charge in [-0.15, -0.1) is 0 Å². The largest absolute Gasteiger partial charge is 0.488 e. The Kier molecular flexibility index (Phi) is 5.25. The van der Waals surface area contributed by atoms with Crippen molar-refractivity contribution in [2.45, 2.75) is 53.4 Å². The zero-order chi connectivity index (χ0) is 21.7. The van der Waals surface area contributed by atoms with Crippen molar-refractivity contribution in [1.29, 1.82) is 0 Å². The maximum absolute atomic E-state index is 9.65. The van der Waals surface area contributed by atoms with Crippen LogP contribution in [-0.2, 0) is 0 Å². The van der Waals surface area contributed by atoms with Gasteiger partial charge in [0.1, 0.15) is 0 Å². The van der Waals surface area contributed by atoms with Crippen LogP contribution in [0.3, 0.4) is 0 Å². The number of fused-ring (bicyclic) bond motifs is 3. The fourth-order valence-electron chi connectivity index (χ4n) is 4.51. The van der Waals surface area contributed by atoms with Crippen molar-refractivity contribution in [2.75, 3.05) is 0 Å². The van der Waals surface area contributed by atoms with Gasteiger partial charge in [-0.25, -0.2) is 0 Å². The van der Waals surface area contributed by atoms with E-state index in [1.54, 1.807) is 0 Å². The van der Waals surface area contributed by atoms with Crippen molar-refractivity contribution in [1.82, 2.24) is 4.57 Å². The molecule has 0 saturated carbocycles. The van der Waals surface area contributed by atoms with E-state index >= 15 is 0 Å². The fourth-order valence-corrected chi connectivity index (χ4v) is 4.51. The molecule has 0 aliphatic rings. The third kappa shape index (κ3) is 3.34. The first-order valence-corrected chi connectivity index (χ1v) is 10.7. The molecule has 0 bridgehead atoms. The van der Waals surface area contributed by atoms with Gasteiger partial charge in [0.15, 0.2) is 0 Å². The number of hydrogen-bond acceptors (Lipinski definition) is 2. The molecule has 3 aromatic carbocycles. The molecule has 4 rings (SSSR count). The van der Waals surface area contributed by atoms with Crippen LogP contribution in [0.2, 0.25) is 0 Å². The first kappa shape index (κ1) is 20.7. The molecule has 1 aromatic heterocycles. The van der Waals surface area contributed by atoms with Gasteiger partial charge in [-0.3, -0.25) is 0 Å². The molecule has 0 radical (unpaired) electrons. The van der Waals surface area contributed by atoms with Crippen LogP contribution in [0.1, 0.15) is 61.8 Å². The summed E-state index contributed by atoms with van der Waals surface area (Å²) in [4.78, 5) is 0. The minimum Gasteiger partial charge on any atom is -0.423 e. The minimum absolute atomic E-state index is 0.467. The van der Waals surface area contributed by atoms with Gasteiger partial charge in [-0.1, -0.05) is 52.0 Å². The smallest absolute Gasteiger partial charge is 0.423 e. The van der Waals surface area contributed by atoms with E-state index in [4.69, 9.17) is 0 Å². The molecule has 2 N–H and O–H groups in total. The SMILES string of the molecule is Cc1cc(B(O)O)cc(C)c1-n1c2ccc(C(C)C)cc2c2cc(C(C)C)ccc21. The van der Waals surface area contributed by atoms with Gasteiger partial charge in [0, 0.05) is 10.8 Å². The molecule has 0 aliphatic heterocycles. The summed E-state index contributed by atoms with van der Waals surface area (Å²) in [6, 6.07) is 17.3. The van der Waals surface area contributed by atoms with Crippen LogP contribution < -0.4 is 5.46 Å². The van der Waals surface area contributed by atoms with Crippen molar-refractivity contribution >= 4 is 34.4 Å². The molecule has 0 unspecified atom stereocenters. The molecule has 3 nitrogen and oxygen atoms in total. The van der Waals surface area contributed by atoms with Crippen molar-refractivity contribution in [2.24, 2.45) is 0 Å². The second kappa shape index (κ2) is 7.61. The molecule has 0 aliphatic carbocycles. The van der Waals surface area contributed by atoms with E-state index in [0.29, 0.717) is 17.3 Å². The van der Waals surface area contributed by atoms with Gasteiger partial charge in [-0.2, -0.15) is 0 Å². The Morgan fingerprint density at radius 1 is 0.700 bits per heavy atom. The van der Waals surface area contributed by atoms with Crippen LogP contribution in [-0.4, -0.2) is 21.7 Å². The zero-order valence-corrected chi connectivity index (χ0v) is 18.7. The Hall–Kier alpha value is -2.56. The normalized spacial score (nSPS) is 11.9. The van der Waals surface area contributed by atoms with E-state index < -0.39 is 7.12 Å². The van der Waals surface area contributed by atoms with Crippen LogP contribution in [0.5, 0.6) is 0 Å². The first-order valence-electron chi connectivity index (χ1n) is 10.7. The van der Waals surface area contributed by atoms with E-state index in [-0.39, 0.29) is 0 Å². The van der Waals surface area contributed by atoms with E-state index in [1.807, 2.05) is 26.0 Å². The number of rotatable bonds is 4. The first-order chi connectivity index (χ1) is 14.2. The van der Waals surface area contributed by atoms with Crippen molar-refractivity contribution < 1.29 is 10.0 Å². The Morgan fingerprint density at radius 3 is 1.50 bits per heavy atom. The monoisotopic (exact) mass is 399 g/mol. The Labute approximate surface area is 179 Å². The van der Waals surface area contributed by atoms with Crippen LogP contribution >= 0.6 is 0 Å².